The number of hydrogen-bond donors (Lipinski definition) is 1. The summed E-state index contributed by atoms with van der Waals surface area (Å²) in [6, 6.07) is 3.43. The molecule has 0 bridgehead atoms. The number of nitrogens with zero attached hydrogens (tertiary/aromatic N) is 1. The Morgan fingerprint density at radius 2 is 2.00 bits per heavy atom. The molecule has 7 heteroatoms. The van der Waals surface area contributed by atoms with Gasteiger partial charge in [-0.3, -0.25) is 4.98 Å². The van der Waals surface area contributed by atoms with Crippen molar-refractivity contribution in [3.63, 3.8) is 0 Å². The van der Waals surface area contributed by atoms with Gasteiger partial charge in [-0.25, -0.2) is 8.78 Å². The quantitative estimate of drug-likeness (QED) is 0.711. The first-order valence-corrected chi connectivity index (χ1v) is 6.69. The Hall–Kier alpha value is -1.21. The van der Waals surface area contributed by atoms with Crippen LogP contribution in [0.2, 0.25) is 0 Å². The lowest BCUT2D eigenvalue weighted by Crippen LogP contribution is -2.32. The molecule has 120 valence electrons. The summed E-state index contributed by atoms with van der Waals surface area (Å²) >= 11 is 0. The highest BCUT2D eigenvalue weighted by Gasteiger charge is 2.40. The molecular weight excluding hydrogens is 288 g/mol. The van der Waals surface area contributed by atoms with Crippen molar-refractivity contribution in [2.45, 2.75) is 39.3 Å². The van der Waals surface area contributed by atoms with E-state index in [4.69, 9.17) is 0 Å². The van der Waals surface area contributed by atoms with Crippen molar-refractivity contribution >= 4 is 0 Å². The highest BCUT2D eigenvalue weighted by molar-refractivity contribution is 5.13. The van der Waals surface area contributed by atoms with Crippen molar-refractivity contribution in [3.8, 4) is 0 Å². The molecule has 0 aliphatic heterocycles. The lowest BCUT2D eigenvalue weighted by Gasteiger charge is -2.15. The van der Waals surface area contributed by atoms with E-state index in [-0.39, 0.29) is 6.61 Å². The second-order valence-electron chi connectivity index (χ2n) is 5.24. The van der Waals surface area contributed by atoms with Gasteiger partial charge in [0.25, 0.3) is 0 Å². The molecule has 0 aliphatic rings. The average Bonchev–Trinajstić information content (AvgIpc) is 2.40. The zero-order chi connectivity index (χ0) is 15.9. The van der Waals surface area contributed by atoms with Gasteiger partial charge >= 0.3 is 12.3 Å². The van der Waals surface area contributed by atoms with Crippen molar-refractivity contribution < 1.29 is 22.3 Å². The van der Waals surface area contributed by atoms with Crippen LogP contribution in [-0.2, 0) is 17.9 Å². The fourth-order valence-corrected chi connectivity index (χ4v) is 1.50. The first-order valence-electron chi connectivity index (χ1n) is 6.69. The minimum Gasteiger partial charge on any atom is -0.369 e. The second kappa shape index (κ2) is 8.29. The van der Waals surface area contributed by atoms with Crippen LogP contribution in [0.5, 0.6) is 0 Å². The van der Waals surface area contributed by atoms with Crippen molar-refractivity contribution in [2.24, 2.45) is 5.92 Å². The van der Waals surface area contributed by atoms with Crippen LogP contribution in [0.3, 0.4) is 0 Å². The number of halogens is 4. The van der Waals surface area contributed by atoms with E-state index in [1.807, 2.05) is 0 Å². The van der Waals surface area contributed by atoms with Gasteiger partial charge in [0.05, 0.1) is 12.3 Å². The summed E-state index contributed by atoms with van der Waals surface area (Å²) in [5.41, 5.74) is 1.38. The SMILES string of the molecule is CC(C)CNCc1ccc(COCC(F)(F)C(F)F)nc1. The first kappa shape index (κ1) is 17.8. The molecule has 0 aromatic carbocycles. The standard InChI is InChI=1S/C14H20F4N2O/c1-10(2)5-19-6-11-3-4-12(20-7-11)8-21-9-14(17,18)13(15)16/h3-4,7,10,13,19H,5-6,8-9H2,1-2H3. The molecule has 1 N–H and O–H groups in total. The number of alkyl halides is 4. The number of nitrogens with one attached hydrogen (secondary N) is 1. The Morgan fingerprint density at radius 3 is 2.52 bits per heavy atom. The lowest BCUT2D eigenvalue weighted by atomic mass is 10.2. The van der Waals surface area contributed by atoms with Crippen LogP contribution in [0, 0.1) is 5.92 Å². The summed E-state index contributed by atoms with van der Waals surface area (Å²) in [6.45, 7) is 4.21. The zero-order valence-electron chi connectivity index (χ0n) is 12.1. The average molecular weight is 308 g/mol. The Balaban J connectivity index is 2.34. The maximum Gasteiger partial charge on any atom is 0.330 e. The summed E-state index contributed by atoms with van der Waals surface area (Å²) in [4.78, 5) is 4.04. The predicted octanol–water partition coefficient (Wildman–Crippen LogP) is 3.24. The number of aromatic nitrogens is 1. The summed E-state index contributed by atoms with van der Waals surface area (Å²) in [7, 11) is 0. The number of pyridine rings is 1. The van der Waals surface area contributed by atoms with Gasteiger partial charge in [-0.15, -0.1) is 0 Å². The third kappa shape index (κ3) is 6.86. The van der Waals surface area contributed by atoms with E-state index in [0.717, 1.165) is 12.1 Å². The topological polar surface area (TPSA) is 34.1 Å². The van der Waals surface area contributed by atoms with Crippen molar-refractivity contribution in [3.05, 3.63) is 29.6 Å². The minimum absolute atomic E-state index is 0.220. The van der Waals surface area contributed by atoms with E-state index in [1.54, 1.807) is 18.3 Å². The maximum atomic E-state index is 12.6. The normalized spacial score (nSPS) is 12.4. The fourth-order valence-electron chi connectivity index (χ4n) is 1.50. The van der Waals surface area contributed by atoms with Gasteiger partial charge in [-0.2, -0.15) is 8.78 Å². The van der Waals surface area contributed by atoms with Gasteiger partial charge in [0, 0.05) is 12.7 Å². The Morgan fingerprint density at radius 1 is 1.29 bits per heavy atom. The molecule has 0 amide bonds. The monoisotopic (exact) mass is 308 g/mol. The second-order valence-corrected chi connectivity index (χ2v) is 5.24. The fraction of sp³-hybridized carbons (Fsp3) is 0.643. The molecule has 1 aromatic heterocycles. The smallest absolute Gasteiger partial charge is 0.330 e. The Kier molecular flexibility index (Phi) is 7.04. The van der Waals surface area contributed by atoms with Crippen molar-refractivity contribution in [1.29, 1.82) is 0 Å². The largest absolute Gasteiger partial charge is 0.369 e. The third-order valence-electron chi connectivity index (χ3n) is 2.63. The van der Waals surface area contributed by atoms with Gasteiger partial charge < -0.3 is 10.1 Å². The molecule has 0 fully saturated rings. The molecule has 1 heterocycles. The number of hydrogen-bond acceptors (Lipinski definition) is 3. The summed E-state index contributed by atoms with van der Waals surface area (Å²) in [6.07, 6.45) is -2.11. The molecule has 0 radical (unpaired) electrons. The lowest BCUT2D eigenvalue weighted by molar-refractivity contribution is -0.168. The molecule has 1 rings (SSSR count). The maximum absolute atomic E-state index is 12.6. The Labute approximate surface area is 121 Å². The predicted molar refractivity (Wildman–Crippen MR) is 71.4 cm³/mol. The molecule has 0 aliphatic carbocycles. The van der Waals surface area contributed by atoms with Gasteiger partial charge in [0.1, 0.15) is 6.61 Å². The number of ether oxygens (including phenoxy) is 1. The van der Waals surface area contributed by atoms with Crippen LogP contribution in [0.25, 0.3) is 0 Å². The van der Waals surface area contributed by atoms with Crippen molar-refractivity contribution in [1.82, 2.24) is 10.3 Å². The summed E-state index contributed by atoms with van der Waals surface area (Å²) in [5, 5.41) is 3.24. The van der Waals surface area contributed by atoms with Crippen LogP contribution in [0.4, 0.5) is 17.6 Å². The van der Waals surface area contributed by atoms with Gasteiger partial charge in [0.2, 0.25) is 0 Å². The van der Waals surface area contributed by atoms with E-state index in [0.29, 0.717) is 18.2 Å². The van der Waals surface area contributed by atoms with Crippen LogP contribution < -0.4 is 5.32 Å². The van der Waals surface area contributed by atoms with Crippen molar-refractivity contribution in [2.75, 3.05) is 13.2 Å². The van der Waals surface area contributed by atoms with Crippen LogP contribution in [0.15, 0.2) is 18.3 Å². The number of rotatable bonds is 9. The highest BCUT2D eigenvalue weighted by atomic mass is 19.3. The first-order chi connectivity index (χ1) is 9.81. The van der Waals surface area contributed by atoms with Crippen LogP contribution in [-0.4, -0.2) is 30.5 Å². The minimum atomic E-state index is -4.12. The van der Waals surface area contributed by atoms with Crippen LogP contribution >= 0.6 is 0 Å². The molecule has 21 heavy (non-hydrogen) atoms. The third-order valence-corrected chi connectivity index (χ3v) is 2.63. The van der Waals surface area contributed by atoms with E-state index in [1.165, 1.54) is 0 Å². The summed E-state index contributed by atoms with van der Waals surface area (Å²) in [5.74, 6) is -3.58. The van der Waals surface area contributed by atoms with E-state index >= 15 is 0 Å². The van der Waals surface area contributed by atoms with E-state index in [9.17, 15) is 17.6 Å². The van der Waals surface area contributed by atoms with Gasteiger partial charge in [-0.1, -0.05) is 19.9 Å². The van der Waals surface area contributed by atoms with Gasteiger partial charge in [-0.05, 0) is 24.1 Å². The molecular formula is C14H20F4N2O. The van der Waals surface area contributed by atoms with Crippen LogP contribution in [0.1, 0.15) is 25.1 Å². The Bertz CT molecular complexity index is 410. The molecule has 3 nitrogen and oxygen atoms in total. The van der Waals surface area contributed by atoms with Gasteiger partial charge in [0.15, 0.2) is 0 Å². The zero-order valence-corrected chi connectivity index (χ0v) is 12.1. The summed E-state index contributed by atoms with van der Waals surface area (Å²) < 4.78 is 53.6. The molecule has 0 spiro atoms. The molecule has 0 atom stereocenters. The van der Waals surface area contributed by atoms with E-state index in [2.05, 4.69) is 28.9 Å². The highest BCUT2D eigenvalue weighted by Crippen LogP contribution is 2.23. The molecule has 0 unspecified atom stereocenters. The van der Waals surface area contributed by atoms with E-state index < -0.39 is 19.0 Å². The molecule has 0 saturated heterocycles. The molecule has 1 aromatic rings. The molecule has 0 saturated carbocycles.